The molecule has 0 saturated carbocycles. The number of nitrogens with one attached hydrogen (secondary N) is 1. The van der Waals surface area contributed by atoms with Crippen LogP contribution in [0.4, 0.5) is 10.1 Å². The average Bonchev–Trinajstić information content (AvgIpc) is 3.23. The summed E-state index contributed by atoms with van der Waals surface area (Å²) in [7, 11) is 0. The number of pyridine rings is 1. The quantitative estimate of drug-likeness (QED) is 0.675. The van der Waals surface area contributed by atoms with Gasteiger partial charge in [0.2, 0.25) is 5.89 Å². The monoisotopic (exact) mass is 409 g/mol. The van der Waals surface area contributed by atoms with Gasteiger partial charge in [0.25, 0.3) is 5.91 Å². The molecule has 7 nitrogen and oxygen atoms in total. The van der Waals surface area contributed by atoms with Gasteiger partial charge in [-0.3, -0.25) is 14.7 Å². The van der Waals surface area contributed by atoms with Crippen LogP contribution < -0.4 is 10.2 Å². The number of aromatic nitrogens is 2. The Morgan fingerprint density at radius 1 is 1.20 bits per heavy atom. The van der Waals surface area contributed by atoms with Crippen molar-refractivity contribution in [1.82, 2.24) is 20.2 Å². The summed E-state index contributed by atoms with van der Waals surface area (Å²) in [6.07, 6.45) is 4.86. The van der Waals surface area contributed by atoms with E-state index in [1.165, 1.54) is 12.3 Å². The van der Waals surface area contributed by atoms with Crippen molar-refractivity contribution in [3.8, 4) is 0 Å². The van der Waals surface area contributed by atoms with Crippen LogP contribution >= 0.6 is 0 Å². The summed E-state index contributed by atoms with van der Waals surface area (Å²) >= 11 is 0. The molecule has 2 aromatic heterocycles. The van der Waals surface area contributed by atoms with Crippen molar-refractivity contribution in [1.29, 1.82) is 0 Å². The van der Waals surface area contributed by atoms with Crippen LogP contribution in [0.2, 0.25) is 0 Å². The molecular formula is C22H24FN5O2. The number of para-hydroxylation sites is 1. The third kappa shape index (κ3) is 4.65. The fourth-order valence-corrected chi connectivity index (χ4v) is 3.50. The van der Waals surface area contributed by atoms with Crippen LogP contribution in [0.3, 0.4) is 0 Å². The molecule has 0 radical (unpaired) electrons. The third-order valence-corrected chi connectivity index (χ3v) is 5.28. The van der Waals surface area contributed by atoms with E-state index in [1.807, 2.05) is 24.0 Å². The molecule has 8 heteroatoms. The van der Waals surface area contributed by atoms with Crippen LogP contribution in [0.25, 0.3) is 0 Å². The highest BCUT2D eigenvalue weighted by Crippen LogP contribution is 2.20. The highest BCUT2D eigenvalue weighted by atomic mass is 19.1. The summed E-state index contributed by atoms with van der Waals surface area (Å²) in [4.78, 5) is 25.0. The second-order valence-corrected chi connectivity index (χ2v) is 7.33. The number of amides is 1. The summed E-state index contributed by atoms with van der Waals surface area (Å²) in [5, 5.41) is 2.86. The van der Waals surface area contributed by atoms with Crippen molar-refractivity contribution in [3.05, 3.63) is 77.5 Å². The fourth-order valence-electron chi connectivity index (χ4n) is 3.50. The van der Waals surface area contributed by atoms with Gasteiger partial charge in [0, 0.05) is 45.1 Å². The summed E-state index contributed by atoms with van der Waals surface area (Å²) in [5.41, 5.74) is 2.93. The van der Waals surface area contributed by atoms with Gasteiger partial charge in [-0.1, -0.05) is 12.1 Å². The van der Waals surface area contributed by atoms with Crippen molar-refractivity contribution in [2.24, 2.45) is 0 Å². The number of rotatable bonds is 6. The Morgan fingerprint density at radius 3 is 2.77 bits per heavy atom. The minimum atomic E-state index is -0.273. The highest BCUT2D eigenvalue weighted by Gasteiger charge is 2.21. The zero-order valence-corrected chi connectivity index (χ0v) is 16.8. The number of anilines is 1. The number of hydrogen-bond acceptors (Lipinski definition) is 6. The van der Waals surface area contributed by atoms with Crippen LogP contribution in [-0.4, -0.2) is 47.0 Å². The number of carbonyl (C=O) groups excluding carboxylic acids is 1. The first-order chi connectivity index (χ1) is 14.6. The van der Waals surface area contributed by atoms with E-state index < -0.39 is 0 Å². The number of nitrogens with zero attached hydrogens (tertiary/aromatic N) is 4. The maximum atomic E-state index is 14.0. The molecule has 0 atom stereocenters. The Hall–Kier alpha value is -3.26. The molecule has 0 unspecified atom stereocenters. The van der Waals surface area contributed by atoms with Crippen LogP contribution in [-0.2, 0) is 13.1 Å². The highest BCUT2D eigenvalue weighted by molar-refractivity contribution is 5.91. The standard InChI is InChI=1S/C22H24FN5O2/c1-16-12-24-7-6-17(16)13-25-22(29)19-15-30-21(26-19)14-27-8-10-28(11-9-27)20-5-3-2-4-18(20)23/h2-7,12,15H,8-11,13-14H2,1H3,(H,25,29). The molecule has 3 aromatic rings. The second kappa shape index (κ2) is 9.04. The molecule has 1 N–H and O–H groups in total. The van der Waals surface area contributed by atoms with E-state index in [4.69, 9.17) is 4.42 Å². The molecule has 1 aliphatic heterocycles. The number of halogens is 1. The summed E-state index contributed by atoms with van der Waals surface area (Å²) in [6.45, 7) is 5.85. The predicted molar refractivity (Wildman–Crippen MR) is 111 cm³/mol. The molecule has 156 valence electrons. The lowest BCUT2D eigenvalue weighted by Gasteiger charge is -2.35. The number of carbonyl (C=O) groups is 1. The Morgan fingerprint density at radius 2 is 2.00 bits per heavy atom. The average molecular weight is 409 g/mol. The second-order valence-electron chi connectivity index (χ2n) is 7.33. The van der Waals surface area contributed by atoms with E-state index in [-0.39, 0.29) is 17.4 Å². The molecule has 30 heavy (non-hydrogen) atoms. The molecule has 1 aromatic carbocycles. The van der Waals surface area contributed by atoms with E-state index in [9.17, 15) is 9.18 Å². The van der Waals surface area contributed by atoms with Crippen molar-refractivity contribution < 1.29 is 13.6 Å². The topological polar surface area (TPSA) is 74.5 Å². The van der Waals surface area contributed by atoms with Gasteiger partial charge in [-0.15, -0.1) is 0 Å². The normalized spacial score (nSPS) is 14.7. The maximum Gasteiger partial charge on any atom is 0.273 e. The summed E-state index contributed by atoms with van der Waals surface area (Å²) in [6, 6.07) is 8.71. The fraction of sp³-hybridized carbons (Fsp3) is 0.318. The predicted octanol–water partition coefficient (Wildman–Crippen LogP) is 2.77. The molecule has 0 spiro atoms. The van der Waals surface area contributed by atoms with Crippen molar-refractivity contribution in [3.63, 3.8) is 0 Å². The van der Waals surface area contributed by atoms with Gasteiger partial charge >= 0.3 is 0 Å². The molecule has 0 bridgehead atoms. The molecule has 3 heterocycles. The number of hydrogen-bond donors (Lipinski definition) is 1. The van der Waals surface area contributed by atoms with Crippen molar-refractivity contribution in [2.75, 3.05) is 31.1 Å². The van der Waals surface area contributed by atoms with Gasteiger partial charge in [0.1, 0.15) is 12.1 Å². The minimum Gasteiger partial charge on any atom is -0.447 e. The lowest BCUT2D eigenvalue weighted by atomic mass is 10.1. The maximum absolute atomic E-state index is 14.0. The van der Waals surface area contributed by atoms with Crippen LogP contribution in [0.5, 0.6) is 0 Å². The minimum absolute atomic E-state index is 0.198. The van der Waals surface area contributed by atoms with Gasteiger partial charge < -0.3 is 14.6 Å². The number of aryl methyl sites for hydroxylation is 1. The SMILES string of the molecule is Cc1cnccc1CNC(=O)c1coc(CN2CCN(c3ccccc3F)CC2)n1. The van der Waals surface area contributed by atoms with E-state index in [2.05, 4.69) is 20.2 Å². The van der Waals surface area contributed by atoms with Gasteiger partial charge in [-0.2, -0.15) is 0 Å². The number of oxazole rings is 1. The van der Waals surface area contributed by atoms with E-state index >= 15 is 0 Å². The smallest absolute Gasteiger partial charge is 0.273 e. The van der Waals surface area contributed by atoms with E-state index in [0.717, 1.165) is 37.3 Å². The third-order valence-electron chi connectivity index (χ3n) is 5.28. The lowest BCUT2D eigenvalue weighted by molar-refractivity contribution is 0.0945. The summed E-state index contributed by atoms with van der Waals surface area (Å²) < 4.78 is 19.5. The Bertz CT molecular complexity index is 1010. The van der Waals surface area contributed by atoms with Crippen LogP contribution in [0.1, 0.15) is 27.5 Å². The molecule has 4 rings (SSSR count). The number of piperazine rings is 1. The Kier molecular flexibility index (Phi) is 6.04. The molecular weight excluding hydrogens is 385 g/mol. The van der Waals surface area contributed by atoms with Crippen LogP contribution in [0.15, 0.2) is 53.4 Å². The molecule has 0 aliphatic carbocycles. The zero-order valence-electron chi connectivity index (χ0n) is 16.8. The first kappa shape index (κ1) is 20.0. The lowest BCUT2D eigenvalue weighted by Crippen LogP contribution is -2.46. The first-order valence-corrected chi connectivity index (χ1v) is 9.94. The number of benzene rings is 1. The van der Waals surface area contributed by atoms with E-state index in [1.54, 1.807) is 24.5 Å². The molecule has 1 aliphatic rings. The molecule has 1 amide bonds. The van der Waals surface area contributed by atoms with Gasteiger partial charge in [-0.25, -0.2) is 9.37 Å². The molecule has 1 saturated heterocycles. The first-order valence-electron chi connectivity index (χ1n) is 9.94. The molecule has 1 fully saturated rings. The van der Waals surface area contributed by atoms with Crippen molar-refractivity contribution in [2.45, 2.75) is 20.0 Å². The summed E-state index contributed by atoms with van der Waals surface area (Å²) in [5.74, 6) is 0.0291. The Labute approximate surface area is 174 Å². The zero-order chi connectivity index (χ0) is 20.9. The van der Waals surface area contributed by atoms with Gasteiger partial charge in [-0.05, 0) is 36.2 Å². The van der Waals surface area contributed by atoms with Gasteiger partial charge in [0.15, 0.2) is 5.69 Å². The Balaban J connectivity index is 1.28. The van der Waals surface area contributed by atoms with Crippen molar-refractivity contribution >= 4 is 11.6 Å². The largest absolute Gasteiger partial charge is 0.447 e. The van der Waals surface area contributed by atoms with E-state index in [0.29, 0.717) is 24.7 Å². The van der Waals surface area contributed by atoms with Crippen LogP contribution in [0, 0.1) is 12.7 Å². The van der Waals surface area contributed by atoms with Gasteiger partial charge in [0.05, 0.1) is 12.2 Å².